The number of sulfone groups is 1. The summed E-state index contributed by atoms with van der Waals surface area (Å²) in [6.45, 7) is 0.221. The third kappa shape index (κ3) is 3.66. The molecule has 7 nitrogen and oxygen atoms in total. The van der Waals surface area contributed by atoms with Crippen LogP contribution in [-0.2, 0) is 9.84 Å². The summed E-state index contributed by atoms with van der Waals surface area (Å²) in [5, 5.41) is 9.75. The lowest BCUT2D eigenvalue weighted by atomic mass is 10.2. The third-order valence-corrected chi connectivity index (χ3v) is 3.86. The Morgan fingerprint density at radius 3 is 2.57 bits per heavy atom. The molecule has 8 heteroatoms. The molecule has 2 rings (SSSR count). The number of aromatic nitrogens is 2. The molecule has 0 fully saturated rings. The molecule has 0 aliphatic rings. The van der Waals surface area contributed by atoms with Crippen LogP contribution in [0.4, 0.5) is 5.82 Å². The predicted molar refractivity (Wildman–Crippen MR) is 79.5 cm³/mol. The smallest absolute Gasteiger partial charge is 0.374 e. The molecule has 1 heterocycles. The Morgan fingerprint density at radius 1 is 1.29 bits per heavy atom. The number of hydrogen-bond acceptors (Lipinski definition) is 6. The van der Waals surface area contributed by atoms with E-state index in [0.717, 1.165) is 6.26 Å². The van der Waals surface area contributed by atoms with E-state index < -0.39 is 15.8 Å². The maximum absolute atomic E-state index is 11.3. The van der Waals surface area contributed by atoms with Gasteiger partial charge in [-0.25, -0.2) is 23.2 Å². The second-order valence-corrected chi connectivity index (χ2v) is 7.00. The van der Waals surface area contributed by atoms with Crippen LogP contribution < -0.4 is 4.90 Å². The number of carboxylic acids is 1. The molecule has 0 bridgehead atoms. The topological polar surface area (TPSA) is 100 Å². The Kier molecular flexibility index (Phi) is 4.08. The Bertz CT molecular complexity index is 789. The number of nitrogens with zero attached hydrogens (tertiary/aromatic N) is 3. The Morgan fingerprint density at radius 2 is 1.95 bits per heavy atom. The molecule has 112 valence electrons. The lowest BCUT2D eigenvalue weighted by Gasteiger charge is -2.19. The maximum atomic E-state index is 11.3. The van der Waals surface area contributed by atoms with Gasteiger partial charge in [0.15, 0.2) is 0 Å². The molecule has 0 aliphatic heterocycles. The highest BCUT2D eigenvalue weighted by atomic mass is 32.2. The molecule has 0 spiro atoms. The van der Waals surface area contributed by atoms with Crippen molar-refractivity contribution >= 4 is 32.5 Å². The number of para-hydroxylation sites is 1. The molecule has 1 aromatic heterocycles. The molecule has 0 unspecified atom stereocenters. The highest BCUT2D eigenvalue weighted by Gasteiger charge is 2.16. The zero-order chi connectivity index (χ0) is 15.6. The summed E-state index contributed by atoms with van der Waals surface area (Å²) in [6.07, 6.45) is 1.15. The first-order chi connectivity index (χ1) is 9.78. The predicted octanol–water partition coefficient (Wildman–Crippen LogP) is 0.809. The van der Waals surface area contributed by atoms with Gasteiger partial charge in [-0.05, 0) is 12.1 Å². The van der Waals surface area contributed by atoms with Crippen molar-refractivity contribution in [1.82, 2.24) is 9.97 Å². The van der Waals surface area contributed by atoms with Crippen molar-refractivity contribution in [2.45, 2.75) is 0 Å². The van der Waals surface area contributed by atoms with Gasteiger partial charge >= 0.3 is 5.97 Å². The van der Waals surface area contributed by atoms with Crippen LogP contribution in [0.1, 0.15) is 10.6 Å². The van der Waals surface area contributed by atoms with Crippen molar-refractivity contribution < 1.29 is 18.3 Å². The largest absolute Gasteiger partial charge is 0.475 e. The minimum Gasteiger partial charge on any atom is -0.475 e. The van der Waals surface area contributed by atoms with Gasteiger partial charge in [-0.2, -0.15) is 0 Å². The van der Waals surface area contributed by atoms with E-state index >= 15 is 0 Å². The van der Waals surface area contributed by atoms with E-state index in [1.54, 1.807) is 36.2 Å². The van der Waals surface area contributed by atoms with Gasteiger partial charge < -0.3 is 10.0 Å². The monoisotopic (exact) mass is 309 g/mol. The van der Waals surface area contributed by atoms with Crippen molar-refractivity contribution in [3.05, 3.63) is 30.1 Å². The van der Waals surface area contributed by atoms with Gasteiger partial charge in [0.2, 0.25) is 5.82 Å². The number of carbonyl (C=O) groups is 1. The van der Waals surface area contributed by atoms with Crippen molar-refractivity contribution in [2.75, 3.05) is 30.5 Å². The standard InChI is InChI=1S/C13H15N3O4S/c1-16(7-8-21(2,19)20)12-9-5-3-4-6-10(9)14-11(15-12)13(17)18/h3-6H,7-8H2,1-2H3,(H,17,18). The summed E-state index contributed by atoms with van der Waals surface area (Å²) in [5.41, 5.74) is 0.506. The van der Waals surface area contributed by atoms with Gasteiger partial charge in [0.1, 0.15) is 15.7 Å². The van der Waals surface area contributed by atoms with E-state index in [0.29, 0.717) is 16.7 Å². The van der Waals surface area contributed by atoms with Gasteiger partial charge in [-0.1, -0.05) is 12.1 Å². The van der Waals surface area contributed by atoms with E-state index in [1.807, 2.05) is 0 Å². The van der Waals surface area contributed by atoms with Crippen LogP contribution >= 0.6 is 0 Å². The van der Waals surface area contributed by atoms with Crippen LogP contribution in [0.2, 0.25) is 0 Å². The molecule has 0 atom stereocenters. The van der Waals surface area contributed by atoms with E-state index in [2.05, 4.69) is 9.97 Å². The number of aromatic carboxylic acids is 1. The summed E-state index contributed by atoms with van der Waals surface area (Å²) in [7, 11) is -1.44. The number of rotatable bonds is 5. The molecular formula is C13H15N3O4S. The van der Waals surface area contributed by atoms with Gasteiger partial charge in [-0.3, -0.25) is 0 Å². The van der Waals surface area contributed by atoms with Crippen molar-refractivity contribution in [3.8, 4) is 0 Å². The van der Waals surface area contributed by atoms with Gasteiger partial charge in [0, 0.05) is 25.2 Å². The third-order valence-electron chi connectivity index (χ3n) is 2.93. The van der Waals surface area contributed by atoms with Gasteiger partial charge in [0.05, 0.1) is 11.3 Å². The summed E-state index contributed by atoms with van der Waals surface area (Å²) in [5.74, 6) is -1.17. The van der Waals surface area contributed by atoms with E-state index in [1.165, 1.54) is 0 Å². The first kappa shape index (κ1) is 15.2. The minimum atomic E-state index is -3.11. The summed E-state index contributed by atoms with van der Waals surface area (Å²) in [4.78, 5) is 20.7. The Balaban J connectivity index is 2.48. The number of carboxylic acid groups (broad SMARTS) is 1. The molecule has 0 saturated carbocycles. The minimum absolute atomic E-state index is 0.0375. The van der Waals surface area contributed by atoms with Crippen molar-refractivity contribution in [2.24, 2.45) is 0 Å². The van der Waals surface area contributed by atoms with Crippen molar-refractivity contribution in [3.63, 3.8) is 0 Å². The molecule has 0 aliphatic carbocycles. The Hall–Kier alpha value is -2.22. The van der Waals surface area contributed by atoms with Crippen molar-refractivity contribution in [1.29, 1.82) is 0 Å². The van der Waals surface area contributed by atoms with E-state index in [-0.39, 0.29) is 18.1 Å². The second-order valence-electron chi connectivity index (χ2n) is 4.74. The molecule has 2 aromatic rings. The highest BCUT2D eigenvalue weighted by Crippen LogP contribution is 2.22. The van der Waals surface area contributed by atoms with E-state index in [4.69, 9.17) is 5.11 Å². The lowest BCUT2D eigenvalue weighted by molar-refractivity contribution is 0.0684. The summed E-state index contributed by atoms with van der Waals surface area (Å²) < 4.78 is 22.5. The normalized spacial score (nSPS) is 11.5. The first-order valence-corrected chi connectivity index (χ1v) is 8.23. The van der Waals surface area contributed by atoms with Crippen LogP contribution in [0.25, 0.3) is 10.9 Å². The average Bonchev–Trinajstić information content (AvgIpc) is 2.42. The quantitative estimate of drug-likeness (QED) is 0.872. The van der Waals surface area contributed by atoms with Gasteiger partial charge in [-0.15, -0.1) is 0 Å². The fourth-order valence-corrected chi connectivity index (χ4v) is 2.46. The van der Waals surface area contributed by atoms with Crippen LogP contribution in [0, 0.1) is 0 Å². The van der Waals surface area contributed by atoms with Crippen LogP contribution in [0.3, 0.4) is 0 Å². The SMILES string of the molecule is CN(CCS(C)(=O)=O)c1nc(C(=O)O)nc2ccccc12. The highest BCUT2D eigenvalue weighted by molar-refractivity contribution is 7.90. The fourth-order valence-electron chi connectivity index (χ4n) is 1.86. The number of benzene rings is 1. The molecule has 0 amide bonds. The lowest BCUT2D eigenvalue weighted by Crippen LogP contribution is -2.26. The number of anilines is 1. The zero-order valence-electron chi connectivity index (χ0n) is 11.6. The summed E-state index contributed by atoms with van der Waals surface area (Å²) in [6, 6.07) is 7.01. The molecule has 1 N–H and O–H groups in total. The van der Waals surface area contributed by atoms with E-state index in [9.17, 15) is 13.2 Å². The van der Waals surface area contributed by atoms with Crippen LogP contribution in [-0.4, -0.2) is 55.1 Å². The zero-order valence-corrected chi connectivity index (χ0v) is 12.5. The molecule has 0 saturated heterocycles. The Labute approximate surface area is 122 Å². The maximum Gasteiger partial charge on any atom is 0.374 e. The average molecular weight is 309 g/mol. The number of hydrogen-bond donors (Lipinski definition) is 1. The second kappa shape index (κ2) is 5.65. The number of fused-ring (bicyclic) bond motifs is 1. The van der Waals surface area contributed by atoms with Crippen LogP contribution in [0.15, 0.2) is 24.3 Å². The first-order valence-electron chi connectivity index (χ1n) is 6.17. The van der Waals surface area contributed by atoms with Gasteiger partial charge in [0.25, 0.3) is 0 Å². The van der Waals surface area contributed by atoms with Crippen LogP contribution in [0.5, 0.6) is 0 Å². The summed E-state index contributed by atoms with van der Waals surface area (Å²) >= 11 is 0. The molecule has 0 radical (unpaired) electrons. The fraction of sp³-hybridized carbons (Fsp3) is 0.308. The molecular weight excluding hydrogens is 294 g/mol. The molecule has 21 heavy (non-hydrogen) atoms. The molecule has 1 aromatic carbocycles.